The van der Waals surface area contributed by atoms with E-state index in [2.05, 4.69) is 24.1 Å². The number of nitrogens with two attached hydrogens (primary N) is 1. The number of aromatic nitrogens is 1. The molecule has 2 aliphatic rings. The van der Waals surface area contributed by atoms with Crippen molar-refractivity contribution in [3.63, 3.8) is 0 Å². The van der Waals surface area contributed by atoms with Gasteiger partial charge in [0.15, 0.2) is 0 Å². The predicted octanol–water partition coefficient (Wildman–Crippen LogP) is 4.01. The van der Waals surface area contributed by atoms with Crippen LogP contribution in [0.3, 0.4) is 0 Å². The van der Waals surface area contributed by atoms with Crippen molar-refractivity contribution in [3.8, 4) is 0 Å². The number of para-hydroxylation sites is 1. The van der Waals surface area contributed by atoms with E-state index >= 15 is 0 Å². The summed E-state index contributed by atoms with van der Waals surface area (Å²) in [6.07, 6.45) is 7.58. The fourth-order valence-electron chi connectivity index (χ4n) is 5.64. The summed E-state index contributed by atoms with van der Waals surface area (Å²) in [4.78, 5) is 47.2. The number of hydrogen-bond acceptors (Lipinski definition) is 5. The Balaban J connectivity index is 1.58. The number of rotatable bonds is 7. The zero-order valence-corrected chi connectivity index (χ0v) is 21.4. The number of carbonyl (C=O) groups excluding carboxylic acids is 3. The van der Waals surface area contributed by atoms with E-state index in [1.54, 1.807) is 25.4 Å². The summed E-state index contributed by atoms with van der Waals surface area (Å²) in [5.74, 6) is -0.314. The molecule has 8 nitrogen and oxygen atoms in total. The first-order chi connectivity index (χ1) is 17.3. The molecule has 192 valence electrons. The van der Waals surface area contributed by atoms with Crippen molar-refractivity contribution < 1.29 is 14.4 Å². The molecule has 1 aromatic carbocycles. The first kappa shape index (κ1) is 25.7. The Hall–Kier alpha value is -3.42. The third-order valence-corrected chi connectivity index (χ3v) is 7.63. The van der Waals surface area contributed by atoms with Gasteiger partial charge >= 0.3 is 6.03 Å². The van der Waals surface area contributed by atoms with Crippen molar-refractivity contribution in [2.24, 2.45) is 17.8 Å². The Morgan fingerprint density at radius 3 is 2.47 bits per heavy atom. The smallest absolute Gasteiger partial charge is 0.325 e. The van der Waals surface area contributed by atoms with Crippen molar-refractivity contribution in [2.75, 3.05) is 17.7 Å². The summed E-state index contributed by atoms with van der Waals surface area (Å²) < 4.78 is 0. The van der Waals surface area contributed by atoms with E-state index in [9.17, 15) is 14.4 Å². The maximum absolute atomic E-state index is 13.7. The van der Waals surface area contributed by atoms with E-state index in [0.717, 1.165) is 36.1 Å². The summed E-state index contributed by atoms with van der Waals surface area (Å²) in [5, 5.41) is 3.14. The molecule has 1 unspecified atom stereocenters. The van der Waals surface area contributed by atoms with Gasteiger partial charge in [0.2, 0.25) is 5.91 Å². The van der Waals surface area contributed by atoms with Crippen LogP contribution in [0.15, 0.2) is 48.7 Å². The van der Waals surface area contributed by atoms with Crippen LogP contribution in [0.2, 0.25) is 0 Å². The van der Waals surface area contributed by atoms with Gasteiger partial charge in [0.1, 0.15) is 11.9 Å². The largest absolute Gasteiger partial charge is 0.384 e. The fraction of sp³-hybridized carbons (Fsp3) is 0.500. The molecule has 2 heterocycles. The van der Waals surface area contributed by atoms with Gasteiger partial charge in [0.05, 0.1) is 5.92 Å². The first-order valence-corrected chi connectivity index (χ1v) is 12.9. The number of anilines is 2. The molecule has 8 heteroatoms. The lowest BCUT2D eigenvalue weighted by atomic mass is 9.79. The number of carbonyl (C=O) groups is 3. The molecule has 3 atom stereocenters. The van der Waals surface area contributed by atoms with Crippen molar-refractivity contribution in [1.82, 2.24) is 15.2 Å². The number of pyridine rings is 1. The third kappa shape index (κ3) is 5.37. The Morgan fingerprint density at radius 1 is 1.14 bits per heavy atom. The van der Waals surface area contributed by atoms with Crippen molar-refractivity contribution in [1.29, 1.82) is 0 Å². The molecule has 0 spiro atoms. The van der Waals surface area contributed by atoms with Crippen molar-refractivity contribution in [2.45, 2.75) is 64.5 Å². The highest BCUT2D eigenvalue weighted by atomic mass is 16.2. The summed E-state index contributed by atoms with van der Waals surface area (Å²) in [5.41, 5.74) is 7.34. The van der Waals surface area contributed by atoms with Crippen LogP contribution >= 0.6 is 0 Å². The van der Waals surface area contributed by atoms with Crippen LogP contribution in [0.4, 0.5) is 16.3 Å². The standard InChI is InChI=1S/C28H37N5O3/c1-18(2)24(20-10-6-4-7-11-20)31-28(36)33-25(27(35)32(3)21-12-8-5-9-13-21)22(26(33)34)16-19-14-15-30-23(29)17-19/h5,8-9,12-15,17-18,20,22,24-25H,4,6-7,10-11,16H2,1-3H3,(H2,29,30)(H,31,36)/t22-,24?,25+/m1/s1. The normalized spacial score (nSPS) is 21.1. The average molecular weight is 492 g/mol. The van der Waals surface area contributed by atoms with Gasteiger partial charge in [-0.25, -0.2) is 9.78 Å². The summed E-state index contributed by atoms with van der Waals surface area (Å²) in [7, 11) is 1.68. The van der Waals surface area contributed by atoms with Crippen LogP contribution in [0.5, 0.6) is 0 Å². The molecule has 2 fully saturated rings. The second-order valence-corrected chi connectivity index (χ2v) is 10.4. The molecule has 0 bridgehead atoms. The molecule has 2 aromatic rings. The summed E-state index contributed by atoms with van der Waals surface area (Å²) in [6.45, 7) is 4.19. The molecule has 4 rings (SSSR count). The number of β-lactam (4-membered cyclic amide) rings is 1. The van der Waals surface area contributed by atoms with Gasteiger partial charge in [-0.15, -0.1) is 0 Å². The van der Waals surface area contributed by atoms with Gasteiger partial charge in [-0.2, -0.15) is 0 Å². The molecule has 0 radical (unpaired) electrons. The molecule has 36 heavy (non-hydrogen) atoms. The van der Waals surface area contributed by atoms with Crippen molar-refractivity contribution >= 4 is 29.4 Å². The van der Waals surface area contributed by atoms with Crippen LogP contribution in [0.1, 0.15) is 51.5 Å². The number of imide groups is 1. The van der Waals surface area contributed by atoms with Crippen LogP contribution in [0.25, 0.3) is 0 Å². The minimum absolute atomic E-state index is 0.0350. The zero-order chi connectivity index (χ0) is 25.8. The molecular weight excluding hydrogens is 454 g/mol. The van der Waals surface area contributed by atoms with E-state index in [0.29, 0.717) is 23.8 Å². The second-order valence-electron chi connectivity index (χ2n) is 10.4. The topological polar surface area (TPSA) is 109 Å². The number of nitrogens with zero attached hydrogens (tertiary/aromatic N) is 3. The monoisotopic (exact) mass is 491 g/mol. The lowest BCUT2D eigenvalue weighted by Crippen LogP contribution is -2.71. The highest BCUT2D eigenvalue weighted by Gasteiger charge is 2.55. The highest BCUT2D eigenvalue weighted by Crippen LogP contribution is 2.34. The van der Waals surface area contributed by atoms with Gasteiger partial charge in [-0.1, -0.05) is 51.3 Å². The van der Waals surface area contributed by atoms with E-state index < -0.39 is 18.0 Å². The quantitative estimate of drug-likeness (QED) is 0.569. The van der Waals surface area contributed by atoms with Crippen LogP contribution in [-0.2, 0) is 16.0 Å². The van der Waals surface area contributed by atoms with Crippen LogP contribution in [0, 0.1) is 17.8 Å². The summed E-state index contributed by atoms with van der Waals surface area (Å²) >= 11 is 0. The maximum atomic E-state index is 13.7. The zero-order valence-electron chi connectivity index (χ0n) is 21.4. The number of nitrogens with one attached hydrogen (secondary N) is 1. The SMILES string of the molecule is CC(C)C(NC(=O)N1C(=O)[C@H](Cc2ccnc(N)c2)[C@H]1C(=O)N(C)c1ccccc1)C1CCCCC1. The van der Waals surface area contributed by atoms with Crippen LogP contribution < -0.4 is 16.0 Å². The Labute approximate surface area is 213 Å². The van der Waals surface area contributed by atoms with Gasteiger partial charge < -0.3 is 16.0 Å². The van der Waals surface area contributed by atoms with E-state index in [1.165, 1.54) is 11.3 Å². The minimum Gasteiger partial charge on any atom is -0.384 e. The number of hydrogen-bond donors (Lipinski definition) is 2. The molecule has 4 amide bonds. The van der Waals surface area contributed by atoms with Gasteiger partial charge in [-0.3, -0.25) is 14.5 Å². The van der Waals surface area contributed by atoms with Crippen LogP contribution in [-0.4, -0.2) is 46.9 Å². The first-order valence-electron chi connectivity index (χ1n) is 12.9. The fourth-order valence-corrected chi connectivity index (χ4v) is 5.64. The molecule has 1 aliphatic carbocycles. The molecule has 1 aliphatic heterocycles. The lowest BCUT2D eigenvalue weighted by Gasteiger charge is -2.46. The van der Waals surface area contributed by atoms with Gasteiger partial charge in [0, 0.05) is 25.0 Å². The Kier molecular flexibility index (Phi) is 7.91. The molecule has 1 saturated carbocycles. The number of nitrogen functional groups attached to an aromatic ring is 1. The predicted molar refractivity (Wildman–Crippen MR) is 140 cm³/mol. The minimum atomic E-state index is -0.892. The van der Waals surface area contributed by atoms with Gasteiger partial charge in [-0.05, 0) is 60.9 Å². The Morgan fingerprint density at radius 2 is 1.83 bits per heavy atom. The highest BCUT2D eigenvalue weighted by molar-refractivity contribution is 6.12. The van der Waals surface area contributed by atoms with Gasteiger partial charge in [0.25, 0.3) is 5.91 Å². The number of likely N-dealkylation sites (N-methyl/N-ethyl adjacent to an activating group) is 1. The van der Waals surface area contributed by atoms with E-state index in [1.807, 2.05) is 30.3 Å². The number of urea groups is 1. The lowest BCUT2D eigenvalue weighted by molar-refractivity contribution is -0.156. The van der Waals surface area contributed by atoms with Crippen molar-refractivity contribution in [3.05, 3.63) is 54.2 Å². The molecule has 1 saturated heterocycles. The number of likely N-dealkylation sites (tertiary alicyclic amines) is 1. The molecule has 1 aromatic heterocycles. The maximum Gasteiger partial charge on any atom is 0.325 e. The average Bonchev–Trinajstić information content (AvgIpc) is 2.88. The number of benzene rings is 1. The Bertz CT molecular complexity index is 1080. The molecular formula is C28H37N5O3. The summed E-state index contributed by atoms with van der Waals surface area (Å²) in [6, 6.07) is 11.3. The van der Waals surface area contributed by atoms with E-state index in [-0.39, 0.29) is 23.8 Å². The third-order valence-electron chi connectivity index (χ3n) is 7.63. The second kappa shape index (κ2) is 11.1. The van der Waals surface area contributed by atoms with E-state index in [4.69, 9.17) is 5.73 Å². The number of amides is 4. The molecule has 3 N–H and O–H groups in total.